The first-order valence-electron chi connectivity index (χ1n) is 6.01. The molecule has 0 saturated heterocycles. The van der Waals surface area contributed by atoms with E-state index in [0.29, 0.717) is 5.75 Å². The van der Waals surface area contributed by atoms with Gasteiger partial charge in [-0.25, -0.2) is 9.18 Å². The van der Waals surface area contributed by atoms with E-state index in [1.165, 1.54) is 12.1 Å². The van der Waals surface area contributed by atoms with Crippen LogP contribution in [0.2, 0.25) is 0 Å². The summed E-state index contributed by atoms with van der Waals surface area (Å²) in [6.07, 6.45) is 0.756. The first-order chi connectivity index (χ1) is 9.54. The zero-order chi connectivity index (χ0) is 14.7. The van der Waals surface area contributed by atoms with Crippen LogP contribution in [0.25, 0.3) is 0 Å². The van der Waals surface area contributed by atoms with E-state index in [-0.39, 0.29) is 15.8 Å². The van der Waals surface area contributed by atoms with E-state index in [4.69, 9.17) is 9.84 Å². The van der Waals surface area contributed by atoms with Gasteiger partial charge in [0.25, 0.3) is 0 Å². The van der Waals surface area contributed by atoms with E-state index in [1.54, 1.807) is 12.1 Å². The van der Waals surface area contributed by atoms with Crippen molar-refractivity contribution in [3.05, 3.63) is 57.8 Å². The predicted molar refractivity (Wildman–Crippen MR) is 77.0 cm³/mol. The molecule has 2 aromatic rings. The van der Waals surface area contributed by atoms with Crippen LogP contribution in [-0.4, -0.2) is 11.1 Å². The van der Waals surface area contributed by atoms with Gasteiger partial charge in [0.1, 0.15) is 5.75 Å². The van der Waals surface area contributed by atoms with Crippen LogP contribution < -0.4 is 4.74 Å². The topological polar surface area (TPSA) is 46.5 Å². The molecule has 0 heterocycles. The van der Waals surface area contributed by atoms with Crippen molar-refractivity contribution < 1.29 is 19.0 Å². The Morgan fingerprint density at radius 1 is 1.25 bits per heavy atom. The molecule has 0 spiro atoms. The Morgan fingerprint density at radius 3 is 2.60 bits per heavy atom. The van der Waals surface area contributed by atoms with E-state index in [2.05, 4.69) is 15.9 Å². The summed E-state index contributed by atoms with van der Waals surface area (Å²) in [5.41, 5.74) is 0.809. The Balaban J connectivity index is 2.40. The summed E-state index contributed by atoms with van der Waals surface area (Å²) in [7, 11) is 0. The first kappa shape index (κ1) is 14.5. The number of hydrogen-bond acceptors (Lipinski definition) is 2. The van der Waals surface area contributed by atoms with E-state index >= 15 is 0 Å². The highest BCUT2D eigenvalue weighted by atomic mass is 79.9. The van der Waals surface area contributed by atoms with Gasteiger partial charge in [0.05, 0.1) is 10.0 Å². The quantitative estimate of drug-likeness (QED) is 0.883. The molecule has 0 fully saturated rings. The van der Waals surface area contributed by atoms with Gasteiger partial charge in [0.15, 0.2) is 11.6 Å². The highest BCUT2D eigenvalue weighted by Crippen LogP contribution is 2.33. The molecule has 0 radical (unpaired) electrons. The largest absolute Gasteiger partial charge is 0.478 e. The maximum Gasteiger partial charge on any atom is 0.336 e. The smallest absolute Gasteiger partial charge is 0.336 e. The van der Waals surface area contributed by atoms with Crippen LogP contribution in [-0.2, 0) is 6.42 Å². The Bertz CT molecular complexity index is 656. The van der Waals surface area contributed by atoms with E-state index < -0.39 is 11.8 Å². The lowest BCUT2D eigenvalue weighted by molar-refractivity contribution is 0.0695. The molecule has 2 aromatic carbocycles. The Labute approximate surface area is 124 Å². The molecule has 20 heavy (non-hydrogen) atoms. The predicted octanol–water partition coefficient (Wildman–Crippen LogP) is 4.64. The van der Waals surface area contributed by atoms with Crippen molar-refractivity contribution in [2.75, 3.05) is 0 Å². The normalized spacial score (nSPS) is 10.3. The Morgan fingerprint density at radius 2 is 1.95 bits per heavy atom. The number of ether oxygens (including phenoxy) is 1. The summed E-state index contributed by atoms with van der Waals surface area (Å²) in [5, 5.41) is 8.92. The van der Waals surface area contributed by atoms with Crippen LogP contribution in [0.5, 0.6) is 11.5 Å². The summed E-state index contributed by atoms with van der Waals surface area (Å²) in [6.45, 7) is 1.97. The number of aromatic carboxylic acids is 1. The molecular weight excluding hydrogens is 327 g/mol. The van der Waals surface area contributed by atoms with Gasteiger partial charge < -0.3 is 9.84 Å². The van der Waals surface area contributed by atoms with Gasteiger partial charge in [-0.1, -0.05) is 25.1 Å². The van der Waals surface area contributed by atoms with Gasteiger partial charge in [-0.15, -0.1) is 0 Å². The Hall–Kier alpha value is -1.88. The zero-order valence-corrected chi connectivity index (χ0v) is 12.3. The molecular formula is C15H12BrFO3. The average Bonchev–Trinajstić information content (AvgIpc) is 2.44. The van der Waals surface area contributed by atoms with Crippen molar-refractivity contribution in [2.24, 2.45) is 0 Å². The fourth-order valence-corrected chi connectivity index (χ4v) is 2.29. The molecule has 104 valence electrons. The molecule has 0 saturated carbocycles. The number of carbonyl (C=O) groups is 1. The van der Waals surface area contributed by atoms with Crippen molar-refractivity contribution in [3.8, 4) is 11.5 Å². The number of para-hydroxylation sites is 1. The molecule has 0 bridgehead atoms. The summed E-state index contributed by atoms with van der Waals surface area (Å²) < 4.78 is 19.5. The SMILES string of the molecule is CCc1ccccc1Oc1ccc(C(=O)O)c(Br)c1F. The molecule has 0 aromatic heterocycles. The average molecular weight is 339 g/mol. The third-order valence-corrected chi connectivity index (χ3v) is 3.63. The van der Waals surface area contributed by atoms with Crippen molar-refractivity contribution in [2.45, 2.75) is 13.3 Å². The molecule has 1 N–H and O–H groups in total. The van der Waals surface area contributed by atoms with E-state index in [9.17, 15) is 9.18 Å². The summed E-state index contributed by atoms with van der Waals surface area (Å²) in [6, 6.07) is 9.94. The van der Waals surface area contributed by atoms with Gasteiger partial charge in [-0.05, 0) is 46.1 Å². The summed E-state index contributed by atoms with van der Waals surface area (Å²) >= 11 is 2.94. The fourth-order valence-electron chi connectivity index (χ4n) is 1.79. The highest BCUT2D eigenvalue weighted by molar-refractivity contribution is 9.10. The van der Waals surface area contributed by atoms with Crippen molar-refractivity contribution in [1.29, 1.82) is 0 Å². The number of benzene rings is 2. The molecule has 0 amide bonds. The van der Waals surface area contributed by atoms with Crippen LogP contribution in [0.1, 0.15) is 22.8 Å². The van der Waals surface area contributed by atoms with Crippen LogP contribution in [0, 0.1) is 5.82 Å². The van der Waals surface area contributed by atoms with Crippen LogP contribution in [0.3, 0.4) is 0 Å². The number of halogens is 2. The maximum atomic E-state index is 14.1. The summed E-state index contributed by atoms with van der Waals surface area (Å²) in [4.78, 5) is 10.9. The molecule has 0 unspecified atom stereocenters. The van der Waals surface area contributed by atoms with Crippen LogP contribution in [0.4, 0.5) is 4.39 Å². The third kappa shape index (κ3) is 2.82. The number of aryl methyl sites for hydroxylation is 1. The molecule has 0 aliphatic rings. The Kier molecular flexibility index (Phi) is 4.39. The molecule has 0 aliphatic heterocycles. The number of carboxylic acids is 1. The minimum absolute atomic E-state index is 0.0113. The third-order valence-electron chi connectivity index (χ3n) is 2.85. The number of rotatable bonds is 4. The second-order valence-electron chi connectivity index (χ2n) is 4.11. The van der Waals surface area contributed by atoms with Crippen molar-refractivity contribution >= 4 is 21.9 Å². The number of carboxylic acid groups (broad SMARTS) is 1. The van der Waals surface area contributed by atoms with E-state index in [0.717, 1.165) is 12.0 Å². The molecule has 5 heteroatoms. The highest BCUT2D eigenvalue weighted by Gasteiger charge is 2.17. The monoisotopic (exact) mass is 338 g/mol. The van der Waals surface area contributed by atoms with E-state index in [1.807, 2.05) is 19.1 Å². The molecule has 3 nitrogen and oxygen atoms in total. The lowest BCUT2D eigenvalue weighted by Crippen LogP contribution is -2.01. The van der Waals surface area contributed by atoms with Crippen molar-refractivity contribution in [3.63, 3.8) is 0 Å². The van der Waals surface area contributed by atoms with Crippen molar-refractivity contribution in [1.82, 2.24) is 0 Å². The van der Waals surface area contributed by atoms with Crippen LogP contribution >= 0.6 is 15.9 Å². The number of hydrogen-bond donors (Lipinski definition) is 1. The fraction of sp³-hybridized carbons (Fsp3) is 0.133. The van der Waals surface area contributed by atoms with Gasteiger partial charge in [-0.2, -0.15) is 0 Å². The minimum Gasteiger partial charge on any atom is -0.478 e. The van der Waals surface area contributed by atoms with Gasteiger partial charge in [0, 0.05) is 0 Å². The standard InChI is InChI=1S/C15H12BrFO3/c1-2-9-5-3-4-6-11(9)20-12-8-7-10(15(18)19)13(16)14(12)17/h3-8H,2H2,1H3,(H,18,19). The van der Waals surface area contributed by atoms with Gasteiger partial charge >= 0.3 is 5.97 Å². The molecule has 0 aliphatic carbocycles. The lowest BCUT2D eigenvalue weighted by Gasteiger charge is -2.12. The second kappa shape index (κ2) is 6.05. The van der Waals surface area contributed by atoms with Gasteiger partial charge in [-0.3, -0.25) is 0 Å². The maximum absolute atomic E-state index is 14.1. The molecule has 0 atom stereocenters. The lowest BCUT2D eigenvalue weighted by atomic mass is 10.1. The van der Waals surface area contributed by atoms with Gasteiger partial charge in [0.2, 0.25) is 0 Å². The molecule has 2 rings (SSSR count). The van der Waals surface area contributed by atoms with Crippen LogP contribution in [0.15, 0.2) is 40.9 Å². The first-order valence-corrected chi connectivity index (χ1v) is 6.81. The second-order valence-corrected chi connectivity index (χ2v) is 4.90. The zero-order valence-electron chi connectivity index (χ0n) is 10.7. The minimum atomic E-state index is -1.20. The summed E-state index contributed by atoms with van der Waals surface area (Å²) in [5.74, 6) is -1.38.